The summed E-state index contributed by atoms with van der Waals surface area (Å²) in [5.74, 6) is -2.71. The van der Waals surface area contributed by atoms with Crippen LogP contribution in [-0.2, 0) is 30.7 Å². The molecule has 0 unspecified atom stereocenters. The number of halogens is 1. The Morgan fingerprint density at radius 1 is 1.16 bits per heavy atom. The first-order valence-electron chi connectivity index (χ1n) is 10.1. The van der Waals surface area contributed by atoms with Crippen LogP contribution in [0.15, 0.2) is 23.2 Å². The minimum atomic E-state index is -3.91. The number of aromatic nitrogens is 1. The van der Waals surface area contributed by atoms with Crippen LogP contribution in [0.2, 0.25) is 5.02 Å². The quantitative estimate of drug-likeness (QED) is 0.596. The molecule has 1 aromatic carbocycles. The third kappa shape index (κ3) is 6.61. The summed E-state index contributed by atoms with van der Waals surface area (Å²) in [4.78, 5) is 30.9. The summed E-state index contributed by atoms with van der Waals surface area (Å²) in [5, 5.41) is 0.556. The zero-order valence-electron chi connectivity index (χ0n) is 17.4. The largest absolute Gasteiger partial charge is 0.383 e. The zero-order chi connectivity index (χ0) is 22.4. The van der Waals surface area contributed by atoms with Gasteiger partial charge in [0, 0.05) is 31.8 Å². The van der Waals surface area contributed by atoms with E-state index in [0.29, 0.717) is 36.1 Å². The Balaban J connectivity index is 1.77. The van der Waals surface area contributed by atoms with Gasteiger partial charge in [-0.15, -0.1) is 0 Å². The van der Waals surface area contributed by atoms with E-state index in [4.69, 9.17) is 16.3 Å². The van der Waals surface area contributed by atoms with Gasteiger partial charge < -0.3 is 14.2 Å². The molecule has 0 atom stereocenters. The Morgan fingerprint density at radius 2 is 1.87 bits per heavy atom. The van der Waals surface area contributed by atoms with Crippen LogP contribution in [0.3, 0.4) is 0 Å². The van der Waals surface area contributed by atoms with Crippen LogP contribution in [0.1, 0.15) is 25.7 Å². The van der Waals surface area contributed by atoms with Crippen molar-refractivity contribution in [2.45, 2.75) is 32.2 Å². The van der Waals surface area contributed by atoms with E-state index in [2.05, 4.69) is 4.99 Å². The third-order valence-electron chi connectivity index (χ3n) is 5.03. The maximum atomic E-state index is 12.5. The molecule has 11 heteroatoms. The van der Waals surface area contributed by atoms with E-state index in [0.717, 1.165) is 35.9 Å². The van der Waals surface area contributed by atoms with E-state index in [1.54, 1.807) is 28.7 Å². The number of fused-ring (bicyclic) bond motifs is 1. The summed E-state index contributed by atoms with van der Waals surface area (Å²) in [6.07, 6.45) is 3.82. The fourth-order valence-corrected chi connectivity index (χ4v) is 5.96. The number of hydrogen-bond acceptors (Lipinski definition) is 6. The lowest BCUT2D eigenvalue weighted by Crippen LogP contribution is -2.37. The van der Waals surface area contributed by atoms with Crippen LogP contribution < -0.4 is 4.80 Å². The monoisotopic (exact) mass is 487 g/mol. The third-order valence-corrected chi connectivity index (χ3v) is 7.68. The van der Waals surface area contributed by atoms with Gasteiger partial charge in [0.1, 0.15) is 11.5 Å². The number of methoxy groups -OCH3 is 1. The first-order valence-corrected chi connectivity index (χ1v) is 13.1. The average molecular weight is 488 g/mol. The van der Waals surface area contributed by atoms with Gasteiger partial charge >= 0.3 is 0 Å². The fraction of sp³-hybridized carbons (Fsp3) is 0.550. The van der Waals surface area contributed by atoms with Crippen molar-refractivity contribution >= 4 is 54.8 Å². The number of carbonyl (C=O) groups is 2. The molecule has 31 heavy (non-hydrogen) atoms. The summed E-state index contributed by atoms with van der Waals surface area (Å²) < 4.78 is 32.7. The standard InChI is InChI=1S/C20H26ClN3O5S2/c1-29-11-10-24-16-7-6-15(21)12-17(16)30-20(24)22-18(25)13-31(27,28)14-19(26)23-8-4-2-3-5-9-23/h6-7,12H,2-5,8-11,13-14H2,1H3. The molecule has 8 nitrogen and oxygen atoms in total. The maximum Gasteiger partial charge on any atom is 0.263 e. The molecule has 1 aliphatic heterocycles. The molecule has 2 amide bonds. The summed E-state index contributed by atoms with van der Waals surface area (Å²) >= 11 is 7.31. The predicted molar refractivity (Wildman–Crippen MR) is 121 cm³/mol. The lowest BCUT2D eigenvalue weighted by molar-refractivity contribution is -0.128. The maximum absolute atomic E-state index is 12.5. The molecule has 0 bridgehead atoms. The average Bonchev–Trinajstić information content (AvgIpc) is 2.85. The first-order chi connectivity index (χ1) is 14.8. The number of thiazole rings is 1. The van der Waals surface area contributed by atoms with Crippen LogP contribution in [0.5, 0.6) is 0 Å². The van der Waals surface area contributed by atoms with Crippen LogP contribution in [0, 0.1) is 0 Å². The van der Waals surface area contributed by atoms with Gasteiger partial charge in [-0.25, -0.2) is 8.42 Å². The number of nitrogens with zero attached hydrogens (tertiary/aromatic N) is 3. The molecule has 0 radical (unpaired) electrons. The highest BCUT2D eigenvalue weighted by atomic mass is 35.5. The molecular weight excluding hydrogens is 462 g/mol. The van der Waals surface area contributed by atoms with Crippen LogP contribution >= 0.6 is 22.9 Å². The number of amides is 2. The molecule has 2 heterocycles. The second kappa shape index (κ2) is 10.7. The van der Waals surface area contributed by atoms with Crippen molar-refractivity contribution in [3.63, 3.8) is 0 Å². The molecule has 170 valence electrons. The van der Waals surface area contributed by atoms with E-state index < -0.39 is 33.2 Å². The van der Waals surface area contributed by atoms with Crippen molar-refractivity contribution < 1.29 is 22.7 Å². The van der Waals surface area contributed by atoms with Crippen LogP contribution in [0.4, 0.5) is 0 Å². The summed E-state index contributed by atoms with van der Waals surface area (Å²) in [5.41, 5.74) is 0.831. The molecule has 2 aromatic rings. The van der Waals surface area contributed by atoms with E-state index in [-0.39, 0.29) is 0 Å². The van der Waals surface area contributed by atoms with Gasteiger partial charge in [-0.05, 0) is 31.0 Å². The van der Waals surface area contributed by atoms with E-state index >= 15 is 0 Å². The van der Waals surface area contributed by atoms with Crippen molar-refractivity contribution in [2.24, 2.45) is 4.99 Å². The highest BCUT2D eigenvalue weighted by molar-refractivity contribution is 7.92. The fourth-order valence-electron chi connectivity index (χ4n) is 3.51. The number of hydrogen-bond donors (Lipinski definition) is 0. The topological polar surface area (TPSA) is 98.0 Å². The van der Waals surface area contributed by atoms with Gasteiger partial charge in [0.2, 0.25) is 5.91 Å². The Kier molecular flexibility index (Phi) is 8.26. The predicted octanol–water partition coefficient (Wildman–Crippen LogP) is 2.25. The normalized spacial score (nSPS) is 15.9. The first kappa shape index (κ1) is 23.9. The minimum Gasteiger partial charge on any atom is -0.383 e. The second-order valence-corrected chi connectivity index (χ2v) is 11.0. The Labute approximate surface area is 190 Å². The molecule has 0 spiro atoms. The smallest absolute Gasteiger partial charge is 0.263 e. The molecular formula is C20H26ClN3O5S2. The molecule has 1 saturated heterocycles. The number of sulfone groups is 1. The Bertz CT molecular complexity index is 1120. The number of rotatable bonds is 7. The van der Waals surface area contributed by atoms with Crippen molar-refractivity contribution in [1.29, 1.82) is 0 Å². The summed E-state index contributed by atoms with van der Waals surface area (Å²) in [6.45, 7) is 1.98. The number of carbonyl (C=O) groups excluding carboxylic acids is 2. The SMILES string of the molecule is COCCn1c(=NC(=O)CS(=O)(=O)CC(=O)N2CCCCCC2)sc2cc(Cl)ccc21. The van der Waals surface area contributed by atoms with Crippen LogP contribution in [-0.4, -0.2) is 68.0 Å². The highest BCUT2D eigenvalue weighted by Gasteiger charge is 2.25. The van der Waals surface area contributed by atoms with E-state index in [1.807, 2.05) is 6.07 Å². The molecule has 1 fully saturated rings. The number of likely N-dealkylation sites (tertiary alicyclic amines) is 1. The number of ether oxygens (including phenoxy) is 1. The second-order valence-electron chi connectivity index (χ2n) is 7.47. The molecule has 1 aromatic heterocycles. The van der Waals surface area contributed by atoms with Gasteiger partial charge in [0.15, 0.2) is 14.6 Å². The van der Waals surface area contributed by atoms with Gasteiger partial charge in [-0.1, -0.05) is 35.8 Å². The summed E-state index contributed by atoms with van der Waals surface area (Å²) in [6, 6.07) is 5.33. The Hall–Kier alpha value is -1.75. The van der Waals surface area contributed by atoms with Crippen molar-refractivity contribution in [3.8, 4) is 0 Å². The molecule has 1 aliphatic rings. The lowest BCUT2D eigenvalue weighted by atomic mass is 10.2. The molecule has 0 aliphatic carbocycles. The van der Waals surface area contributed by atoms with E-state index in [1.165, 1.54) is 11.3 Å². The van der Waals surface area contributed by atoms with Gasteiger partial charge in [-0.3, -0.25) is 9.59 Å². The molecule has 3 rings (SSSR count). The van der Waals surface area contributed by atoms with Gasteiger partial charge in [0.25, 0.3) is 5.91 Å². The van der Waals surface area contributed by atoms with Gasteiger partial charge in [-0.2, -0.15) is 4.99 Å². The minimum absolute atomic E-state index is 0.369. The summed E-state index contributed by atoms with van der Waals surface area (Å²) in [7, 11) is -2.34. The highest BCUT2D eigenvalue weighted by Crippen LogP contribution is 2.22. The van der Waals surface area contributed by atoms with Crippen molar-refractivity contribution in [1.82, 2.24) is 9.47 Å². The van der Waals surface area contributed by atoms with Gasteiger partial charge in [0.05, 0.1) is 16.8 Å². The van der Waals surface area contributed by atoms with Crippen LogP contribution in [0.25, 0.3) is 10.2 Å². The van der Waals surface area contributed by atoms with Crippen molar-refractivity contribution in [3.05, 3.63) is 28.0 Å². The zero-order valence-corrected chi connectivity index (χ0v) is 19.8. The molecule has 0 saturated carbocycles. The number of benzene rings is 1. The Morgan fingerprint density at radius 3 is 2.55 bits per heavy atom. The van der Waals surface area contributed by atoms with Crippen molar-refractivity contribution in [2.75, 3.05) is 38.3 Å². The lowest BCUT2D eigenvalue weighted by Gasteiger charge is -2.19. The molecule has 0 N–H and O–H groups in total. The van der Waals surface area contributed by atoms with E-state index in [9.17, 15) is 18.0 Å².